The first-order valence-electron chi connectivity index (χ1n) is 6.42. The summed E-state index contributed by atoms with van der Waals surface area (Å²) in [5.41, 5.74) is 0.138. The van der Waals surface area contributed by atoms with Crippen LogP contribution in [-0.2, 0) is 11.3 Å². The second-order valence-electron chi connectivity index (χ2n) is 4.97. The van der Waals surface area contributed by atoms with Crippen LogP contribution in [0.15, 0.2) is 18.3 Å². The molecule has 6 heteroatoms. The van der Waals surface area contributed by atoms with E-state index in [0.717, 1.165) is 25.9 Å². The zero-order valence-corrected chi connectivity index (χ0v) is 11.0. The number of carbonyl (C=O) groups is 2. The number of rotatable bonds is 4. The molecule has 1 fully saturated rings. The van der Waals surface area contributed by atoms with E-state index in [2.05, 4.69) is 17.3 Å². The highest BCUT2D eigenvalue weighted by Gasteiger charge is 2.19. The molecule has 1 aromatic heterocycles. The van der Waals surface area contributed by atoms with Crippen molar-refractivity contribution in [3.8, 4) is 0 Å². The van der Waals surface area contributed by atoms with Crippen LogP contribution in [0.2, 0.25) is 0 Å². The van der Waals surface area contributed by atoms with Crippen molar-refractivity contribution in [3.63, 3.8) is 0 Å². The summed E-state index contributed by atoms with van der Waals surface area (Å²) in [7, 11) is 2.07. The van der Waals surface area contributed by atoms with Gasteiger partial charge >= 0.3 is 5.97 Å². The molecule has 0 bridgehead atoms. The lowest BCUT2D eigenvalue weighted by Crippen LogP contribution is -2.44. The van der Waals surface area contributed by atoms with Gasteiger partial charge in [0.2, 0.25) is 5.91 Å². The number of hydrogen-bond donors (Lipinski definition) is 2. The largest absolute Gasteiger partial charge is 0.477 e. The smallest absolute Gasteiger partial charge is 0.352 e. The highest BCUT2D eigenvalue weighted by molar-refractivity contribution is 5.86. The molecule has 2 heterocycles. The SMILES string of the molecule is CN1CCC(NC(=O)Cn2cccc2C(=O)O)CC1. The number of aromatic nitrogens is 1. The Morgan fingerprint density at radius 3 is 2.74 bits per heavy atom. The average Bonchev–Trinajstić information content (AvgIpc) is 2.80. The fraction of sp³-hybridized carbons (Fsp3) is 0.538. The Kier molecular flexibility index (Phi) is 4.21. The van der Waals surface area contributed by atoms with Gasteiger partial charge in [0.1, 0.15) is 12.2 Å². The number of nitrogens with one attached hydrogen (secondary N) is 1. The molecule has 6 nitrogen and oxygen atoms in total. The number of likely N-dealkylation sites (tertiary alicyclic amines) is 1. The van der Waals surface area contributed by atoms with Crippen LogP contribution in [0.3, 0.4) is 0 Å². The Balaban J connectivity index is 1.87. The summed E-state index contributed by atoms with van der Waals surface area (Å²) in [5.74, 6) is -1.15. The lowest BCUT2D eigenvalue weighted by molar-refractivity contribution is -0.122. The molecule has 1 aromatic rings. The van der Waals surface area contributed by atoms with E-state index in [9.17, 15) is 9.59 Å². The number of carbonyl (C=O) groups excluding carboxylic acids is 1. The minimum Gasteiger partial charge on any atom is -0.477 e. The molecule has 0 aliphatic carbocycles. The van der Waals surface area contributed by atoms with Gasteiger partial charge < -0.3 is 19.9 Å². The normalized spacial score (nSPS) is 17.3. The quantitative estimate of drug-likeness (QED) is 0.826. The van der Waals surface area contributed by atoms with Crippen LogP contribution in [0.25, 0.3) is 0 Å². The van der Waals surface area contributed by atoms with Crippen molar-refractivity contribution in [1.82, 2.24) is 14.8 Å². The molecule has 0 atom stereocenters. The molecular formula is C13H19N3O3. The lowest BCUT2D eigenvalue weighted by atomic mass is 10.1. The predicted octanol–water partition coefficient (Wildman–Crippen LogP) is 0.397. The number of piperidine rings is 1. The number of nitrogens with zero attached hydrogens (tertiary/aromatic N) is 2. The minimum absolute atomic E-state index is 0.0565. The Labute approximate surface area is 112 Å². The summed E-state index contributed by atoms with van der Waals surface area (Å²) in [4.78, 5) is 25.1. The molecule has 2 rings (SSSR count). The van der Waals surface area contributed by atoms with Gasteiger partial charge in [-0.25, -0.2) is 4.79 Å². The summed E-state index contributed by atoms with van der Waals surface area (Å²) in [6.07, 6.45) is 3.50. The maximum Gasteiger partial charge on any atom is 0.352 e. The molecule has 0 aromatic carbocycles. The molecule has 1 amide bonds. The molecular weight excluding hydrogens is 246 g/mol. The molecule has 1 saturated heterocycles. The Bertz CT molecular complexity index is 461. The molecule has 0 radical (unpaired) electrons. The van der Waals surface area contributed by atoms with E-state index in [1.54, 1.807) is 12.3 Å². The van der Waals surface area contributed by atoms with Gasteiger partial charge in [-0.05, 0) is 45.1 Å². The van der Waals surface area contributed by atoms with Crippen molar-refractivity contribution in [3.05, 3.63) is 24.0 Å². The summed E-state index contributed by atoms with van der Waals surface area (Å²) in [6, 6.07) is 3.32. The number of hydrogen-bond acceptors (Lipinski definition) is 3. The fourth-order valence-electron chi connectivity index (χ4n) is 2.33. The van der Waals surface area contributed by atoms with E-state index >= 15 is 0 Å². The standard InChI is InChI=1S/C13H19N3O3/c1-15-7-4-10(5-8-15)14-12(17)9-16-6-2-3-11(16)13(18)19/h2-3,6,10H,4-5,7-9H2,1H3,(H,14,17)(H,18,19). The molecule has 1 aliphatic heterocycles. The predicted molar refractivity (Wildman–Crippen MR) is 70.1 cm³/mol. The van der Waals surface area contributed by atoms with E-state index in [1.165, 1.54) is 10.6 Å². The fourth-order valence-corrected chi connectivity index (χ4v) is 2.33. The summed E-state index contributed by atoms with van der Waals surface area (Å²) in [5, 5.41) is 11.9. The van der Waals surface area contributed by atoms with Crippen LogP contribution in [0, 0.1) is 0 Å². The minimum atomic E-state index is -1.02. The number of carboxylic acids is 1. The van der Waals surface area contributed by atoms with Crippen molar-refractivity contribution < 1.29 is 14.7 Å². The zero-order valence-electron chi connectivity index (χ0n) is 11.0. The van der Waals surface area contributed by atoms with Crippen molar-refractivity contribution in [2.75, 3.05) is 20.1 Å². The van der Waals surface area contributed by atoms with Gasteiger partial charge in [0.05, 0.1) is 0 Å². The molecule has 0 spiro atoms. The highest BCUT2D eigenvalue weighted by Crippen LogP contribution is 2.08. The van der Waals surface area contributed by atoms with Crippen LogP contribution in [0.4, 0.5) is 0 Å². The van der Waals surface area contributed by atoms with Crippen molar-refractivity contribution in [2.45, 2.75) is 25.4 Å². The van der Waals surface area contributed by atoms with Gasteiger partial charge in [0.25, 0.3) is 0 Å². The molecule has 0 unspecified atom stereocenters. The van der Waals surface area contributed by atoms with Crippen LogP contribution in [0.1, 0.15) is 23.3 Å². The van der Waals surface area contributed by atoms with Crippen molar-refractivity contribution >= 4 is 11.9 Å². The molecule has 2 N–H and O–H groups in total. The average molecular weight is 265 g/mol. The molecule has 0 saturated carbocycles. The summed E-state index contributed by atoms with van der Waals surface area (Å²) in [6.45, 7) is 2.02. The van der Waals surface area contributed by atoms with Gasteiger partial charge in [-0.3, -0.25) is 4.79 Å². The Morgan fingerprint density at radius 2 is 2.11 bits per heavy atom. The van der Waals surface area contributed by atoms with E-state index < -0.39 is 5.97 Å². The maximum atomic E-state index is 11.9. The van der Waals surface area contributed by atoms with Crippen molar-refractivity contribution in [2.24, 2.45) is 0 Å². The van der Waals surface area contributed by atoms with Crippen molar-refractivity contribution in [1.29, 1.82) is 0 Å². The van der Waals surface area contributed by atoms with Gasteiger partial charge in [0.15, 0.2) is 0 Å². The molecule has 104 valence electrons. The van der Waals surface area contributed by atoms with Gasteiger partial charge in [-0.1, -0.05) is 0 Å². The Morgan fingerprint density at radius 1 is 1.42 bits per heavy atom. The first-order valence-corrected chi connectivity index (χ1v) is 6.42. The molecule has 19 heavy (non-hydrogen) atoms. The monoisotopic (exact) mass is 265 g/mol. The zero-order chi connectivity index (χ0) is 13.8. The van der Waals surface area contributed by atoms with Gasteiger partial charge in [-0.2, -0.15) is 0 Å². The molecule has 1 aliphatic rings. The third-order valence-electron chi connectivity index (χ3n) is 3.45. The van der Waals surface area contributed by atoms with Crippen LogP contribution in [-0.4, -0.2) is 52.6 Å². The lowest BCUT2D eigenvalue weighted by Gasteiger charge is -2.29. The second kappa shape index (κ2) is 5.88. The highest BCUT2D eigenvalue weighted by atomic mass is 16.4. The number of aromatic carboxylic acids is 1. The number of amides is 1. The summed E-state index contributed by atoms with van der Waals surface area (Å²) < 4.78 is 1.45. The third-order valence-corrected chi connectivity index (χ3v) is 3.45. The number of carboxylic acid groups (broad SMARTS) is 1. The third kappa shape index (κ3) is 3.57. The van der Waals surface area contributed by atoms with E-state index in [-0.39, 0.29) is 24.2 Å². The Hall–Kier alpha value is -1.82. The van der Waals surface area contributed by atoms with Crippen LogP contribution in [0.5, 0.6) is 0 Å². The second-order valence-corrected chi connectivity index (χ2v) is 4.97. The van der Waals surface area contributed by atoms with Gasteiger partial charge in [-0.15, -0.1) is 0 Å². The van der Waals surface area contributed by atoms with Crippen LogP contribution >= 0.6 is 0 Å². The topological polar surface area (TPSA) is 74.6 Å². The maximum absolute atomic E-state index is 11.9. The first-order chi connectivity index (χ1) is 9.06. The summed E-state index contributed by atoms with van der Waals surface area (Å²) >= 11 is 0. The van der Waals surface area contributed by atoms with Crippen LogP contribution < -0.4 is 5.32 Å². The van der Waals surface area contributed by atoms with E-state index in [4.69, 9.17) is 5.11 Å². The van der Waals surface area contributed by atoms with E-state index in [1.807, 2.05) is 0 Å². The first kappa shape index (κ1) is 13.6. The van der Waals surface area contributed by atoms with Gasteiger partial charge in [0, 0.05) is 12.2 Å². The van der Waals surface area contributed by atoms with E-state index in [0.29, 0.717) is 0 Å².